The topological polar surface area (TPSA) is 92.3 Å². The van der Waals surface area contributed by atoms with Crippen molar-refractivity contribution in [2.45, 2.75) is 175 Å². The van der Waals surface area contributed by atoms with Gasteiger partial charge in [0.25, 0.3) is 5.91 Å². The van der Waals surface area contributed by atoms with Crippen LogP contribution in [0.3, 0.4) is 0 Å². The molecule has 2 rings (SSSR count). The molecule has 8 heteroatoms. The Morgan fingerprint density at radius 2 is 0.957 bits per heavy atom. The summed E-state index contributed by atoms with van der Waals surface area (Å²) in [6.07, 6.45) is 14.1. The fraction of sp³-hybridized carbons (Fsp3) is 0.516. The minimum absolute atomic E-state index is 0.0269. The van der Waals surface area contributed by atoms with E-state index in [1.807, 2.05) is 13.8 Å². The number of carbonyl (C=O) groups excluding carboxylic acids is 2. The van der Waals surface area contributed by atoms with Crippen molar-refractivity contribution in [1.29, 1.82) is 0 Å². The van der Waals surface area contributed by atoms with Crippen molar-refractivity contribution in [2.24, 2.45) is 17.8 Å². The van der Waals surface area contributed by atoms with Gasteiger partial charge in [0, 0.05) is 78.0 Å². The molecule has 0 aromatic rings. The Hall–Kier alpha value is -7.38. The average Bonchev–Trinajstić information content (AvgIpc) is 3.65. The molecular formula is C62H63NO7. The van der Waals surface area contributed by atoms with Crippen LogP contribution in [-0.2, 0) is 33.3 Å². The summed E-state index contributed by atoms with van der Waals surface area (Å²) in [5.41, 5.74) is 0. The molecule has 0 spiro atoms. The van der Waals surface area contributed by atoms with Crippen LogP contribution in [0.1, 0.15) is 139 Å². The van der Waals surface area contributed by atoms with Crippen LogP contribution in [-0.4, -0.2) is 61.5 Å². The van der Waals surface area contributed by atoms with Gasteiger partial charge in [-0.3, -0.25) is 9.59 Å². The predicted octanol–water partition coefficient (Wildman–Crippen LogP) is 7.36. The van der Waals surface area contributed by atoms with Gasteiger partial charge in [-0.25, -0.2) is 0 Å². The van der Waals surface area contributed by atoms with Crippen LogP contribution < -0.4 is 5.32 Å². The molecule has 8 nitrogen and oxygen atoms in total. The van der Waals surface area contributed by atoms with E-state index in [-0.39, 0.29) is 49.1 Å². The van der Waals surface area contributed by atoms with E-state index in [4.69, 9.17) is 23.7 Å². The smallest absolute Gasteiger partial charge is 0.302 e. The SMILES string of the molecule is CC#CC#CC#CC#CC#CC#CC#CC#CC#CC#CC#CC#CC#CC#CC(=O)N[C@@H](CO[C@H]1OC(COC(C)=O)[C@@H](C)[C@H](C)C1C)[C@@H]1OC(C)(C)O[C@@H]1CCCCCCCCCCCCCC. The molecule has 0 bridgehead atoms. The van der Waals surface area contributed by atoms with E-state index in [1.165, 1.54) is 71.1 Å². The van der Waals surface area contributed by atoms with Gasteiger partial charge in [0.1, 0.15) is 12.7 Å². The molecule has 358 valence electrons. The maximum absolute atomic E-state index is 13.3. The molecule has 2 aliphatic rings. The molecule has 1 amide bonds. The zero-order valence-corrected chi connectivity index (χ0v) is 42.1. The first-order valence-corrected chi connectivity index (χ1v) is 24.0. The normalized spacial score (nSPS) is 19.5. The second-order valence-electron chi connectivity index (χ2n) is 16.8. The van der Waals surface area contributed by atoms with Crippen molar-refractivity contribution in [3.05, 3.63) is 0 Å². The highest BCUT2D eigenvalue weighted by Gasteiger charge is 2.46. The Kier molecular flexibility index (Phi) is 31.5. The lowest BCUT2D eigenvalue weighted by molar-refractivity contribution is -0.259. The maximum atomic E-state index is 13.3. The van der Waals surface area contributed by atoms with E-state index >= 15 is 0 Å². The zero-order chi connectivity index (χ0) is 50.9. The van der Waals surface area contributed by atoms with E-state index in [0.717, 1.165) is 19.3 Å². The largest absolute Gasteiger partial charge is 0.463 e. The highest BCUT2D eigenvalue weighted by Crippen LogP contribution is 2.37. The molecule has 2 saturated heterocycles. The molecule has 70 heavy (non-hydrogen) atoms. The van der Waals surface area contributed by atoms with Crippen LogP contribution >= 0.6 is 0 Å². The molecular weight excluding hydrogens is 871 g/mol. The summed E-state index contributed by atoms with van der Waals surface area (Å²) in [5, 5.41) is 3.01. The molecule has 1 N–H and O–H groups in total. The summed E-state index contributed by atoms with van der Waals surface area (Å²) in [6, 6.07) is -0.624. The van der Waals surface area contributed by atoms with Gasteiger partial charge in [0.2, 0.25) is 0 Å². The first-order chi connectivity index (χ1) is 34.0. The van der Waals surface area contributed by atoms with Crippen LogP contribution in [0.25, 0.3) is 0 Å². The van der Waals surface area contributed by atoms with Crippen molar-refractivity contribution in [1.82, 2.24) is 5.32 Å². The lowest BCUT2D eigenvalue weighted by Crippen LogP contribution is -2.53. The molecule has 0 aliphatic carbocycles. The highest BCUT2D eigenvalue weighted by molar-refractivity contribution is 5.94. The first-order valence-electron chi connectivity index (χ1n) is 24.0. The summed E-state index contributed by atoms with van der Waals surface area (Å²) >= 11 is 0. The summed E-state index contributed by atoms with van der Waals surface area (Å²) in [6.45, 7) is 15.6. The molecule has 2 aliphatic heterocycles. The van der Waals surface area contributed by atoms with Crippen LogP contribution in [0.4, 0.5) is 0 Å². The Morgan fingerprint density at radius 1 is 0.543 bits per heavy atom. The Labute approximate surface area is 420 Å². The minimum Gasteiger partial charge on any atom is -0.463 e. The number of unbranched alkanes of at least 4 members (excludes halogenated alkanes) is 11. The molecule has 2 unspecified atom stereocenters. The van der Waals surface area contributed by atoms with E-state index in [9.17, 15) is 9.59 Å². The third-order valence-corrected chi connectivity index (χ3v) is 11.0. The molecule has 0 aromatic heterocycles. The monoisotopic (exact) mass is 933 g/mol. The van der Waals surface area contributed by atoms with Gasteiger partial charge < -0.3 is 29.0 Å². The van der Waals surface area contributed by atoms with E-state index in [0.29, 0.717) is 0 Å². The second-order valence-corrected chi connectivity index (χ2v) is 16.8. The Bertz CT molecular complexity index is 2690. The molecule has 0 radical (unpaired) electrons. The fourth-order valence-corrected chi connectivity index (χ4v) is 7.20. The maximum Gasteiger partial charge on any atom is 0.302 e. The Morgan fingerprint density at radius 3 is 1.39 bits per heavy atom. The lowest BCUT2D eigenvalue weighted by atomic mass is 9.79. The standard InChI is InChI=1S/C62H63NO7/c1-9-11-13-15-17-19-21-23-24-25-26-27-28-29-30-31-32-33-34-35-36-37-39-41-43-45-47-49-59(65)63-56(50-67-61-54(5)52(3)53(4)58(68-61)51-66-55(6)64)60-57(69-62(7,8)70-60)48-46-44-42-40-38-22-20-18-16-14-12-10-2/h52-54,56-58,60-61H,10,12,14,16,18,20,22,38,40,42,44,46,48,50-51H2,1-8H3,(H,63,65)/t52-,53-,54?,56-,57+,58?,60-,61-/m0/s1. The van der Waals surface area contributed by atoms with E-state index in [1.54, 1.807) is 6.92 Å². The second kappa shape index (κ2) is 37.6. The van der Waals surface area contributed by atoms with Gasteiger partial charge in [0.05, 0.1) is 24.9 Å². The van der Waals surface area contributed by atoms with E-state index < -0.39 is 30.1 Å². The van der Waals surface area contributed by atoms with Crippen molar-refractivity contribution in [3.63, 3.8) is 0 Å². The number of esters is 1. The third kappa shape index (κ3) is 28.1. The average molecular weight is 934 g/mol. The summed E-state index contributed by atoms with van der Waals surface area (Å²) in [5.74, 6) is 69.8. The minimum atomic E-state index is -0.866. The number of hydrogen-bond acceptors (Lipinski definition) is 7. The lowest BCUT2D eigenvalue weighted by Gasteiger charge is -2.43. The van der Waals surface area contributed by atoms with Crippen LogP contribution in [0, 0.1) is 184 Å². The van der Waals surface area contributed by atoms with Gasteiger partial charge in [-0.1, -0.05) is 111 Å². The van der Waals surface area contributed by atoms with Crippen LogP contribution in [0.2, 0.25) is 0 Å². The molecule has 0 saturated carbocycles. The quantitative estimate of drug-likeness (QED) is 0.0776. The first kappa shape index (κ1) is 58.7. The molecule has 2 fully saturated rings. The predicted molar refractivity (Wildman–Crippen MR) is 275 cm³/mol. The van der Waals surface area contributed by atoms with Gasteiger partial charge in [-0.05, 0) is 134 Å². The Balaban J connectivity index is 2.03. The number of ether oxygens (including phenoxy) is 5. The number of amides is 1. The highest BCUT2D eigenvalue weighted by atomic mass is 16.8. The van der Waals surface area contributed by atoms with E-state index in [2.05, 4.69) is 199 Å². The zero-order valence-electron chi connectivity index (χ0n) is 42.1. The van der Waals surface area contributed by atoms with Crippen molar-refractivity contribution >= 4 is 11.9 Å². The van der Waals surface area contributed by atoms with Gasteiger partial charge in [0.15, 0.2) is 12.1 Å². The number of hydrogen-bond donors (Lipinski definition) is 1. The fourth-order valence-electron chi connectivity index (χ4n) is 7.20. The van der Waals surface area contributed by atoms with Crippen molar-refractivity contribution < 1.29 is 33.3 Å². The van der Waals surface area contributed by atoms with Gasteiger partial charge in [-0.2, -0.15) is 0 Å². The summed E-state index contributed by atoms with van der Waals surface area (Å²) in [7, 11) is 0. The number of nitrogens with one attached hydrogen (secondary N) is 1. The van der Waals surface area contributed by atoms with Crippen LogP contribution in [0.5, 0.6) is 0 Å². The molecule has 0 aromatic carbocycles. The van der Waals surface area contributed by atoms with Gasteiger partial charge in [-0.15, -0.1) is 0 Å². The molecule has 8 atom stereocenters. The third-order valence-electron chi connectivity index (χ3n) is 11.0. The molecule has 2 heterocycles. The number of rotatable bonds is 20. The number of carbonyl (C=O) groups is 2. The van der Waals surface area contributed by atoms with Crippen molar-refractivity contribution in [2.75, 3.05) is 13.2 Å². The summed E-state index contributed by atoms with van der Waals surface area (Å²) in [4.78, 5) is 24.9. The summed E-state index contributed by atoms with van der Waals surface area (Å²) < 4.78 is 31.0. The van der Waals surface area contributed by atoms with Crippen molar-refractivity contribution in [3.8, 4) is 166 Å². The van der Waals surface area contributed by atoms with Gasteiger partial charge >= 0.3 is 5.97 Å². The van der Waals surface area contributed by atoms with Crippen LogP contribution in [0.15, 0.2) is 0 Å².